The molecule has 0 radical (unpaired) electrons. The van der Waals surface area contributed by atoms with Gasteiger partial charge in [0.25, 0.3) is 0 Å². The van der Waals surface area contributed by atoms with Crippen LogP contribution in [-0.4, -0.2) is 56.6 Å². The van der Waals surface area contributed by atoms with Crippen molar-refractivity contribution in [2.45, 2.75) is 19.8 Å². The Bertz CT molecular complexity index is 177. The maximum atomic E-state index is 11.5. The molecule has 1 N–H and O–H groups in total. The lowest BCUT2D eigenvalue weighted by Crippen LogP contribution is -2.34. The minimum Gasteiger partial charge on any atom is -0.374 e. The van der Waals surface area contributed by atoms with Crippen molar-refractivity contribution in [3.63, 3.8) is 0 Å². The van der Waals surface area contributed by atoms with E-state index in [4.69, 9.17) is 4.74 Å². The van der Waals surface area contributed by atoms with E-state index in [-0.39, 0.29) is 12.4 Å². The van der Waals surface area contributed by atoms with Gasteiger partial charge in [-0.15, -0.1) is 0 Å². The standard InChI is InChI=1S/C11H22N2O2/c1-2-8-15-10-11(14)9-13-6-3-4-12-5-7-13/h12H,2-10H2,1H3. The zero-order chi connectivity index (χ0) is 10.9. The number of nitrogens with zero attached hydrogens (tertiary/aromatic N) is 1. The molecule has 0 spiro atoms. The highest BCUT2D eigenvalue weighted by Gasteiger charge is 2.12. The first-order chi connectivity index (χ1) is 7.33. The Morgan fingerprint density at radius 2 is 2.27 bits per heavy atom. The molecule has 0 aromatic carbocycles. The van der Waals surface area contributed by atoms with Crippen molar-refractivity contribution in [3.8, 4) is 0 Å². The number of rotatable bonds is 6. The van der Waals surface area contributed by atoms with Crippen LogP contribution in [-0.2, 0) is 9.53 Å². The number of hydrogen-bond donors (Lipinski definition) is 1. The zero-order valence-corrected chi connectivity index (χ0v) is 9.63. The molecule has 0 aromatic heterocycles. The van der Waals surface area contributed by atoms with Gasteiger partial charge in [0.15, 0.2) is 5.78 Å². The number of Topliss-reactive ketones (excluding diaryl/α,β-unsaturated/α-hetero) is 1. The zero-order valence-electron chi connectivity index (χ0n) is 9.63. The van der Waals surface area contributed by atoms with Crippen LogP contribution >= 0.6 is 0 Å². The second-order valence-electron chi connectivity index (χ2n) is 3.97. The monoisotopic (exact) mass is 214 g/mol. The average molecular weight is 214 g/mol. The molecule has 1 heterocycles. The van der Waals surface area contributed by atoms with E-state index in [1.165, 1.54) is 0 Å². The van der Waals surface area contributed by atoms with Crippen molar-refractivity contribution >= 4 is 5.78 Å². The number of ketones is 1. The van der Waals surface area contributed by atoms with Gasteiger partial charge in [-0.2, -0.15) is 0 Å². The van der Waals surface area contributed by atoms with E-state index in [1.807, 2.05) is 6.92 Å². The lowest BCUT2D eigenvalue weighted by atomic mass is 10.3. The lowest BCUT2D eigenvalue weighted by molar-refractivity contribution is -0.124. The molecule has 1 fully saturated rings. The predicted molar refractivity (Wildman–Crippen MR) is 60.0 cm³/mol. The van der Waals surface area contributed by atoms with Crippen LogP contribution in [0, 0.1) is 0 Å². The van der Waals surface area contributed by atoms with E-state index in [0.717, 1.165) is 39.0 Å². The number of ether oxygens (including phenoxy) is 1. The molecule has 0 amide bonds. The Morgan fingerprint density at radius 1 is 1.40 bits per heavy atom. The Labute approximate surface area is 92.0 Å². The highest BCUT2D eigenvalue weighted by molar-refractivity contribution is 5.81. The summed E-state index contributed by atoms with van der Waals surface area (Å²) in [5, 5.41) is 3.32. The van der Waals surface area contributed by atoms with Crippen molar-refractivity contribution in [2.75, 3.05) is 45.9 Å². The van der Waals surface area contributed by atoms with E-state index in [9.17, 15) is 4.79 Å². The molecule has 4 heteroatoms. The van der Waals surface area contributed by atoms with Crippen LogP contribution in [0.3, 0.4) is 0 Å². The van der Waals surface area contributed by atoms with Crippen LogP contribution in [0.25, 0.3) is 0 Å². The second-order valence-corrected chi connectivity index (χ2v) is 3.97. The molecular weight excluding hydrogens is 192 g/mol. The highest BCUT2D eigenvalue weighted by atomic mass is 16.5. The van der Waals surface area contributed by atoms with Gasteiger partial charge in [0.05, 0.1) is 6.54 Å². The molecule has 1 aliphatic rings. The fourth-order valence-electron chi connectivity index (χ4n) is 1.69. The molecule has 1 rings (SSSR count). The van der Waals surface area contributed by atoms with Gasteiger partial charge in [-0.1, -0.05) is 6.92 Å². The van der Waals surface area contributed by atoms with Gasteiger partial charge in [-0.25, -0.2) is 0 Å². The van der Waals surface area contributed by atoms with E-state index in [2.05, 4.69) is 10.2 Å². The fraction of sp³-hybridized carbons (Fsp3) is 0.909. The highest BCUT2D eigenvalue weighted by Crippen LogP contribution is 1.95. The number of carbonyl (C=O) groups is 1. The summed E-state index contributed by atoms with van der Waals surface area (Å²) in [6.07, 6.45) is 2.10. The first-order valence-corrected chi connectivity index (χ1v) is 5.85. The molecule has 88 valence electrons. The van der Waals surface area contributed by atoms with Crippen molar-refractivity contribution < 1.29 is 9.53 Å². The molecule has 4 nitrogen and oxygen atoms in total. The normalized spacial score (nSPS) is 18.7. The van der Waals surface area contributed by atoms with Crippen LogP contribution in [0.2, 0.25) is 0 Å². The van der Waals surface area contributed by atoms with Crippen LogP contribution in [0.15, 0.2) is 0 Å². The van der Waals surface area contributed by atoms with Crippen LogP contribution < -0.4 is 5.32 Å². The van der Waals surface area contributed by atoms with Crippen LogP contribution in [0.1, 0.15) is 19.8 Å². The Balaban J connectivity index is 2.12. The van der Waals surface area contributed by atoms with Gasteiger partial charge in [0.1, 0.15) is 6.61 Å². The summed E-state index contributed by atoms with van der Waals surface area (Å²) < 4.78 is 5.23. The van der Waals surface area contributed by atoms with Gasteiger partial charge in [-0.3, -0.25) is 9.69 Å². The SMILES string of the molecule is CCCOCC(=O)CN1CCCNCC1. The van der Waals surface area contributed by atoms with Gasteiger partial charge in [0, 0.05) is 19.7 Å². The third-order valence-electron chi connectivity index (χ3n) is 2.44. The maximum Gasteiger partial charge on any atom is 0.172 e. The quantitative estimate of drug-likeness (QED) is 0.645. The van der Waals surface area contributed by atoms with Gasteiger partial charge in [0.2, 0.25) is 0 Å². The Hall–Kier alpha value is -0.450. The topological polar surface area (TPSA) is 41.6 Å². The Kier molecular flexibility index (Phi) is 6.55. The second kappa shape index (κ2) is 7.79. The summed E-state index contributed by atoms with van der Waals surface area (Å²) in [5.74, 6) is 0.199. The smallest absolute Gasteiger partial charge is 0.172 e. The van der Waals surface area contributed by atoms with E-state index < -0.39 is 0 Å². The molecule has 0 aliphatic carbocycles. The third-order valence-corrected chi connectivity index (χ3v) is 2.44. The average Bonchev–Trinajstić information content (AvgIpc) is 2.47. The van der Waals surface area contributed by atoms with E-state index in [0.29, 0.717) is 13.2 Å². The van der Waals surface area contributed by atoms with Crippen molar-refractivity contribution in [2.24, 2.45) is 0 Å². The molecule has 15 heavy (non-hydrogen) atoms. The Morgan fingerprint density at radius 3 is 3.07 bits per heavy atom. The number of nitrogens with one attached hydrogen (secondary N) is 1. The van der Waals surface area contributed by atoms with E-state index in [1.54, 1.807) is 0 Å². The summed E-state index contributed by atoms with van der Waals surface area (Å²) in [5.41, 5.74) is 0. The summed E-state index contributed by atoms with van der Waals surface area (Å²) in [4.78, 5) is 13.7. The third kappa shape index (κ3) is 5.87. The number of hydrogen-bond acceptors (Lipinski definition) is 4. The molecule has 0 unspecified atom stereocenters. The first kappa shape index (κ1) is 12.6. The maximum absolute atomic E-state index is 11.5. The summed E-state index contributed by atoms with van der Waals surface area (Å²) in [6, 6.07) is 0. The summed E-state index contributed by atoms with van der Waals surface area (Å²) >= 11 is 0. The molecule has 0 bridgehead atoms. The lowest BCUT2D eigenvalue weighted by Gasteiger charge is -2.18. The minimum absolute atomic E-state index is 0.199. The van der Waals surface area contributed by atoms with Gasteiger partial charge >= 0.3 is 0 Å². The summed E-state index contributed by atoms with van der Waals surface area (Å²) in [6.45, 7) is 7.60. The molecule has 1 aliphatic heterocycles. The van der Waals surface area contributed by atoms with Crippen LogP contribution in [0.5, 0.6) is 0 Å². The van der Waals surface area contributed by atoms with E-state index >= 15 is 0 Å². The first-order valence-electron chi connectivity index (χ1n) is 5.85. The summed E-state index contributed by atoms with van der Waals surface area (Å²) in [7, 11) is 0. The molecule has 0 atom stereocenters. The van der Waals surface area contributed by atoms with Gasteiger partial charge < -0.3 is 10.1 Å². The minimum atomic E-state index is 0.199. The van der Waals surface area contributed by atoms with Crippen molar-refractivity contribution in [3.05, 3.63) is 0 Å². The number of carbonyl (C=O) groups excluding carboxylic acids is 1. The molecular formula is C11H22N2O2. The molecule has 0 aromatic rings. The van der Waals surface area contributed by atoms with Gasteiger partial charge in [-0.05, 0) is 25.9 Å². The fourth-order valence-corrected chi connectivity index (χ4v) is 1.69. The molecule has 0 saturated carbocycles. The largest absolute Gasteiger partial charge is 0.374 e. The predicted octanol–water partition coefficient (Wildman–Crippen LogP) is 0.277. The van der Waals surface area contributed by atoms with Crippen molar-refractivity contribution in [1.82, 2.24) is 10.2 Å². The molecule has 1 saturated heterocycles. The van der Waals surface area contributed by atoms with Crippen molar-refractivity contribution in [1.29, 1.82) is 0 Å². The van der Waals surface area contributed by atoms with Crippen LogP contribution in [0.4, 0.5) is 0 Å².